The number of rotatable bonds is 11. The van der Waals surface area contributed by atoms with Crippen LogP contribution in [0.3, 0.4) is 0 Å². The Labute approximate surface area is 169 Å². The number of aliphatic hydroxyl groups is 2. The van der Waals surface area contributed by atoms with E-state index in [0.717, 1.165) is 0 Å². The summed E-state index contributed by atoms with van der Waals surface area (Å²) in [6.07, 6.45) is -2.46. The number of hydrogen-bond donors (Lipinski definition) is 6. The minimum atomic E-state index is -4.75. The van der Waals surface area contributed by atoms with Crippen molar-refractivity contribution in [2.45, 2.75) is 24.5 Å². The number of fused-ring (bicyclic) bond motifs is 1. The lowest BCUT2D eigenvalue weighted by Gasteiger charge is -2.16. The van der Waals surface area contributed by atoms with E-state index in [1.54, 1.807) is 0 Å². The molecule has 1 fully saturated rings. The molecule has 1 aliphatic rings. The normalized spacial score (nSPS) is 24.6. The molecule has 0 aliphatic carbocycles. The van der Waals surface area contributed by atoms with Crippen molar-refractivity contribution >= 4 is 24.8 Å². The summed E-state index contributed by atoms with van der Waals surface area (Å²) in [6.45, 7) is 0.804. The Kier molecular flexibility index (Phi) is 7.65. The van der Waals surface area contributed by atoms with Gasteiger partial charge >= 0.3 is 7.82 Å². The number of imidazole rings is 1. The van der Waals surface area contributed by atoms with E-state index in [9.17, 15) is 14.8 Å². The second-order valence-corrected chi connectivity index (χ2v) is 7.53. The van der Waals surface area contributed by atoms with Crippen molar-refractivity contribution < 1.29 is 43.4 Å². The zero-order valence-corrected chi connectivity index (χ0v) is 16.5. The Morgan fingerprint density at radius 2 is 2.00 bits per heavy atom. The number of phosphoric ester groups is 1. The van der Waals surface area contributed by atoms with Gasteiger partial charge in [-0.05, 0) is 0 Å². The van der Waals surface area contributed by atoms with Crippen molar-refractivity contribution in [3.05, 3.63) is 12.7 Å². The van der Waals surface area contributed by atoms with Gasteiger partial charge in [0.15, 0.2) is 23.2 Å². The molecule has 30 heavy (non-hydrogen) atoms. The van der Waals surface area contributed by atoms with Crippen LogP contribution in [0.25, 0.3) is 11.2 Å². The van der Waals surface area contributed by atoms with E-state index in [-0.39, 0.29) is 6.61 Å². The van der Waals surface area contributed by atoms with Crippen molar-refractivity contribution in [3.8, 4) is 0 Å². The van der Waals surface area contributed by atoms with Crippen LogP contribution in [0, 0.1) is 0 Å². The van der Waals surface area contributed by atoms with Crippen LogP contribution in [0.1, 0.15) is 6.23 Å². The van der Waals surface area contributed by atoms with Gasteiger partial charge in [-0.25, -0.2) is 25.4 Å². The van der Waals surface area contributed by atoms with E-state index in [1.807, 2.05) is 0 Å². The van der Waals surface area contributed by atoms with Crippen molar-refractivity contribution in [1.29, 1.82) is 0 Å². The maximum absolute atomic E-state index is 10.9. The van der Waals surface area contributed by atoms with Crippen LogP contribution in [0.2, 0.25) is 0 Å². The van der Waals surface area contributed by atoms with Gasteiger partial charge in [0.05, 0.1) is 32.8 Å². The highest BCUT2D eigenvalue weighted by atomic mass is 31.2. The van der Waals surface area contributed by atoms with Crippen molar-refractivity contribution in [3.63, 3.8) is 0 Å². The second kappa shape index (κ2) is 10.0. The van der Waals surface area contributed by atoms with Crippen molar-refractivity contribution in [2.75, 3.05) is 38.3 Å². The fourth-order valence-corrected chi connectivity index (χ4v) is 3.23. The van der Waals surface area contributed by atoms with Crippen molar-refractivity contribution in [2.24, 2.45) is 5.90 Å². The van der Waals surface area contributed by atoms with Crippen LogP contribution in [0.5, 0.6) is 0 Å². The number of aromatic nitrogens is 4. The van der Waals surface area contributed by atoms with Gasteiger partial charge in [-0.1, -0.05) is 0 Å². The topological polar surface area (TPSA) is 217 Å². The molecule has 0 radical (unpaired) electrons. The minimum Gasteiger partial charge on any atom is -0.387 e. The summed E-state index contributed by atoms with van der Waals surface area (Å²) in [5.41, 5.74) is 0.709. The lowest BCUT2D eigenvalue weighted by Crippen LogP contribution is -2.33. The fourth-order valence-electron chi connectivity index (χ4n) is 2.89. The van der Waals surface area contributed by atoms with Gasteiger partial charge in [0.25, 0.3) is 0 Å². The van der Waals surface area contributed by atoms with E-state index in [2.05, 4.69) is 29.6 Å². The van der Waals surface area contributed by atoms with E-state index in [4.69, 9.17) is 25.2 Å². The predicted molar refractivity (Wildman–Crippen MR) is 98.7 cm³/mol. The molecule has 15 nitrogen and oxygen atoms in total. The summed E-state index contributed by atoms with van der Waals surface area (Å²) in [4.78, 5) is 34.5. The first kappa shape index (κ1) is 22.9. The van der Waals surface area contributed by atoms with E-state index in [1.165, 1.54) is 17.2 Å². The Hall–Kier alpha value is -1.78. The first-order valence-corrected chi connectivity index (χ1v) is 10.4. The molecule has 0 unspecified atom stereocenters. The fraction of sp³-hybridized carbons (Fsp3) is 0.643. The average Bonchev–Trinajstić information content (AvgIpc) is 3.25. The molecule has 16 heteroatoms. The highest BCUT2D eigenvalue weighted by Crippen LogP contribution is 2.38. The molecule has 1 saturated heterocycles. The molecule has 0 bridgehead atoms. The summed E-state index contributed by atoms with van der Waals surface area (Å²) in [5, 5.41) is 23.5. The minimum absolute atomic E-state index is 0.276. The molecule has 3 rings (SSSR count). The number of phosphoric acid groups is 1. The summed E-state index contributed by atoms with van der Waals surface area (Å²) < 4.78 is 27.5. The first-order chi connectivity index (χ1) is 14.3. The van der Waals surface area contributed by atoms with Crippen LogP contribution < -0.4 is 11.2 Å². The van der Waals surface area contributed by atoms with Crippen LogP contribution in [0.4, 0.5) is 5.82 Å². The summed E-state index contributed by atoms with van der Waals surface area (Å²) >= 11 is 0. The SMILES string of the molecule is NOCCOCCNc1ncnc2c1ncn2[C@@H]1O[C@H](COP(=O)(O)O)[C@@H](O)[C@H]1O. The summed E-state index contributed by atoms with van der Waals surface area (Å²) in [6, 6.07) is 0. The molecule has 1 aliphatic heterocycles. The van der Waals surface area contributed by atoms with Gasteiger partial charge in [0, 0.05) is 6.54 Å². The summed E-state index contributed by atoms with van der Waals surface area (Å²) in [7, 11) is -4.75. The van der Waals surface area contributed by atoms with Gasteiger partial charge in [0.2, 0.25) is 0 Å². The molecule has 2 aromatic heterocycles. The number of nitrogens with one attached hydrogen (secondary N) is 1. The Morgan fingerprint density at radius 1 is 1.20 bits per heavy atom. The standard InChI is InChI=1S/C14H23N6O9P/c15-27-4-3-26-2-1-16-12-9-13(18-6-17-12)20(7-19-9)14-11(22)10(21)8(29-14)5-28-30(23,24)25/h6-8,10-11,14,21-22H,1-5,15H2,(H,16,17,18)(H2,23,24,25)/t8-,10-,11-,14-/m1/s1. The molecule has 0 aromatic carbocycles. The summed E-state index contributed by atoms with van der Waals surface area (Å²) in [5.74, 6) is 5.33. The number of aliphatic hydroxyl groups excluding tert-OH is 2. The second-order valence-electron chi connectivity index (χ2n) is 6.29. The third-order valence-electron chi connectivity index (χ3n) is 4.26. The molecule has 2 aromatic rings. The van der Waals surface area contributed by atoms with Gasteiger partial charge in [-0.2, -0.15) is 0 Å². The molecule has 3 heterocycles. The Bertz CT molecular complexity index is 879. The molecular weight excluding hydrogens is 427 g/mol. The van der Waals surface area contributed by atoms with Gasteiger partial charge in [-0.15, -0.1) is 0 Å². The van der Waals surface area contributed by atoms with Crippen LogP contribution >= 0.6 is 7.82 Å². The van der Waals surface area contributed by atoms with E-state index in [0.29, 0.717) is 36.7 Å². The lowest BCUT2D eigenvalue weighted by atomic mass is 10.1. The zero-order valence-electron chi connectivity index (χ0n) is 15.6. The molecule has 7 N–H and O–H groups in total. The average molecular weight is 450 g/mol. The highest BCUT2D eigenvalue weighted by Gasteiger charge is 2.45. The largest absolute Gasteiger partial charge is 0.469 e. The quantitative estimate of drug-likeness (QED) is 0.122. The predicted octanol–water partition coefficient (Wildman–Crippen LogP) is -2.13. The van der Waals surface area contributed by atoms with Crippen molar-refractivity contribution in [1.82, 2.24) is 19.5 Å². The van der Waals surface area contributed by atoms with Crippen LogP contribution in [-0.4, -0.2) is 90.8 Å². The van der Waals surface area contributed by atoms with E-state index >= 15 is 0 Å². The molecule has 0 saturated carbocycles. The van der Waals surface area contributed by atoms with Gasteiger partial charge in [0.1, 0.15) is 24.6 Å². The van der Waals surface area contributed by atoms with Gasteiger partial charge < -0.3 is 39.6 Å². The maximum atomic E-state index is 10.9. The molecule has 0 amide bonds. The van der Waals surface area contributed by atoms with E-state index < -0.39 is 39.0 Å². The smallest absolute Gasteiger partial charge is 0.387 e. The molecule has 4 atom stereocenters. The maximum Gasteiger partial charge on any atom is 0.469 e. The third kappa shape index (κ3) is 5.47. The number of nitrogens with two attached hydrogens (primary N) is 1. The van der Waals surface area contributed by atoms with Gasteiger partial charge in [-0.3, -0.25) is 9.09 Å². The third-order valence-corrected chi connectivity index (χ3v) is 4.75. The highest BCUT2D eigenvalue weighted by molar-refractivity contribution is 7.46. The first-order valence-electron chi connectivity index (χ1n) is 8.84. The van der Waals surface area contributed by atoms with Crippen LogP contribution in [-0.2, 0) is 23.4 Å². The number of ether oxygens (including phenoxy) is 2. The zero-order chi connectivity index (χ0) is 21.7. The Morgan fingerprint density at radius 3 is 2.73 bits per heavy atom. The number of nitrogens with zero attached hydrogens (tertiary/aromatic N) is 4. The number of anilines is 1. The molecule has 168 valence electrons. The molecule has 0 spiro atoms. The Balaban J connectivity index is 1.68. The number of hydrogen-bond acceptors (Lipinski definition) is 12. The monoisotopic (exact) mass is 450 g/mol. The van der Waals surface area contributed by atoms with Crippen LogP contribution in [0.15, 0.2) is 12.7 Å². The molecular formula is C14H23N6O9P. The lowest BCUT2D eigenvalue weighted by molar-refractivity contribution is -0.0504.